The first-order valence-corrected chi connectivity index (χ1v) is 15.9. The minimum atomic E-state index is 0.676. The average Bonchev–Trinajstić information content (AvgIpc) is 3.65. The molecule has 6 aromatic carbocycles. The van der Waals surface area contributed by atoms with E-state index < -0.39 is 0 Å². The maximum atomic E-state index is 5.41. The number of allylic oxidation sites excluding steroid dienone is 1. The number of benzene rings is 6. The Morgan fingerprint density at radius 1 is 0.522 bits per heavy atom. The van der Waals surface area contributed by atoms with Gasteiger partial charge in [0.15, 0.2) is 0 Å². The maximum Gasteiger partial charge on any atom is 0.235 e. The SMILES string of the molecule is C1=Cc2c(ccc3c2c2ccc4c5ccccc5n(-c5ccccc5)c4c2n3-c2nc(-c3ccccc3)c3ccccc3n2)CC1. The highest BCUT2D eigenvalue weighted by molar-refractivity contribution is 6.25. The molecular formula is C42H28N4. The van der Waals surface area contributed by atoms with E-state index >= 15 is 0 Å². The molecule has 216 valence electrons. The molecule has 9 aromatic rings. The second kappa shape index (κ2) is 9.75. The zero-order valence-corrected chi connectivity index (χ0v) is 25.1. The molecule has 0 aliphatic heterocycles. The van der Waals surface area contributed by atoms with Crippen molar-refractivity contribution in [3.63, 3.8) is 0 Å². The van der Waals surface area contributed by atoms with Gasteiger partial charge < -0.3 is 4.57 Å². The molecule has 46 heavy (non-hydrogen) atoms. The van der Waals surface area contributed by atoms with Crippen LogP contribution in [0.25, 0.3) is 83.5 Å². The fraction of sp³-hybridized carbons (Fsp3) is 0.0476. The molecule has 3 heterocycles. The number of para-hydroxylation sites is 3. The Morgan fingerprint density at radius 2 is 1.24 bits per heavy atom. The normalized spacial score (nSPS) is 13.0. The summed E-state index contributed by atoms with van der Waals surface area (Å²) < 4.78 is 4.75. The highest BCUT2D eigenvalue weighted by Crippen LogP contribution is 2.44. The van der Waals surface area contributed by atoms with E-state index in [1.165, 1.54) is 38.2 Å². The molecule has 10 rings (SSSR count). The van der Waals surface area contributed by atoms with E-state index in [9.17, 15) is 0 Å². The molecule has 0 radical (unpaired) electrons. The van der Waals surface area contributed by atoms with Crippen LogP contribution in [0.3, 0.4) is 0 Å². The first-order chi connectivity index (χ1) is 22.8. The monoisotopic (exact) mass is 588 g/mol. The van der Waals surface area contributed by atoms with Crippen molar-refractivity contribution in [3.8, 4) is 22.9 Å². The molecule has 0 atom stereocenters. The first-order valence-electron chi connectivity index (χ1n) is 15.9. The summed E-state index contributed by atoms with van der Waals surface area (Å²) in [7, 11) is 0. The van der Waals surface area contributed by atoms with Gasteiger partial charge >= 0.3 is 0 Å². The van der Waals surface area contributed by atoms with E-state index in [0.29, 0.717) is 5.95 Å². The van der Waals surface area contributed by atoms with Gasteiger partial charge in [-0.15, -0.1) is 0 Å². The number of rotatable bonds is 3. The third-order valence-corrected chi connectivity index (χ3v) is 9.58. The number of hydrogen-bond acceptors (Lipinski definition) is 2. The van der Waals surface area contributed by atoms with Crippen LogP contribution in [0.1, 0.15) is 17.5 Å². The number of aromatic nitrogens is 4. The van der Waals surface area contributed by atoms with Crippen LogP contribution in [0.5, 0.6) is 0 Å². The molecule has 0 saturated carbocycles. The molecule has 1 aliphatic rings. The molecule has 4 heteroatoms. The van der Waals surface area contributed by atoms with E-state index in [0.717, 1.165) is 57.2 Å². The van der Waals surface area contributed by atoms with Crippen molar-refractivity contribution >= 4 is 60.6 Å². The van der Waals surface area contributed by atoms with Gasteiger partial charge in [0, 0.05) is 38.2 Å². The summed E-state index contributed by atoms with van der Waals surface area (Å²) in [6.45, 7) is 0. The molecule has 4 nitrogen and oxygen atoms in total. The van der Waals surface area contributed by atoms with Crippen molar-refractivity contribution in [3.05, 3.63) is 151 Å². The van der Waals surface area contributed by atoms with Gasteiger partial charge in [-0.2, -0.15) is 0 Å². The summed E-state index contributed by atoms with van der Waals surface area (Å²) in [4.78, 5) is 10.7. The first kappa shape index (κ1) is 25.3. The molecule has 0 amide bonds. The van der Waals surface area contributed by atoms with Gasteiger partial charge in [-0.05, 0) is 54.3 Å². The van der Waals surface area contributed by atoms with E-state index in [2.05, 4.69) is 155 Å². The minimum Gasteiger partial charge on any atom is -0.307 e. The van der Waals surface area contributed by atoms with Gasteiger partial charge in [0.2, 0.25) is 5.95 Å². The molecule has 0 spiro atoms. The second-order valence-electron chi connectivity index (χ2n) is 12.1. The lowest BCUT2D eigenvalue weighted by Crippen LogP contribution is -2.05. The average molecular weight is 589 g/mol. The summed E-state index contributed by atoms with van der Waals surface area (Å²) in [5.41, 5.74) is 11.3. The fourth-order valence-electron chi connectivity index (χ4n) is 7.59. The largest absolute Gasteiger partial charge is 0.307 e. The topological polar surface area (TPSA) is 35.6 Å². The molecule has 3 aromatic heterocycles. The molecular weight excluding hydrogens is 560 g/mol. The summed E-state index contributed by atoms with van der Waals surface area (Å²) in [6.07, 6.45) is 6.74. The predicted molar refractivity (Wildman–Crippen MR) is 191 cm³/mol. The van der Waals surface area contributed by atoms with Gasteiger partial charge in [0.05, 0.1) is 33.3 Å². The van der Waals surface area contributed by atoms with Crippen LogP contribution in [-0.4, -0.2) is 19.1 Å². The van der Waals surface area contributed by atoms with Crippen LogP contribution in [0.15, 0.2) is 140 Å². The lowest BCUT2D eigenvalue weighted by atomic mass is 9.93. The van der Waals surface area contributed by atoms with Crippen molar-refractivity contribution in [1.29, 1.82) is 0 Å². The van der Waals surface area contributed by atoms with Crippen LogP contribution >= 0.6 is 0 Å². The summed E-state index contributed by atoms with van der Waals surface area (Å²) in [5, 5.41) is 5.95. The zero-order valence-electron chi connectivity index (χ0n) is 25.1. The number of aryl methyl sites for hydroxylation is 1. The molecule has 0 saturated heterocycles. The van der Waals surface area contributed by atoms with Gasteiger partial charge in [0.25, 0.3) is 0 Å². The van der Waals surface area contributed by atoms with E-state index in [1.54, 1.807) is 0 Å². The zero-order chi connectivity index (χ0) is 30.2. The molecule has 0 fully saturated rings. The van der Waals surface area contributed by atoms with Crippen molar-refractivity contribution in [2.45, 2.75) is 12.8 Å². The van der Waals surface area contributed by atoms with Gasteiger partial charge in [-0.25, -0.2) is 9.97 Å². The lowest BCUT2D eigenvalue weighted by molar-refractivity contribution is 0.986. The number of nitrogens with zero attached hydrogens (tertiary/aromatic N) is 4. The Hall–Kier alpha value is -6.00. The predicted octanol–water partition coefficient (Wildman–Crippen LogP) is 10.5. The Kier molecular flexibility index (Phi) is 5.37. The molecule has 0 N–H and O–H groups in total. The third kappa shape index (κ3) is 3.55. The highest BCUT2D eigenvalue weighted by atomic mass is 15.2. The second-order valence-corrected chi connectivity index (χ2v) is 12.1. The maximum absolute atomic E-state index is 5.41. The molecule has 1 aliphatic carbocycles. The molecule has 0 bridgehead atoms. The van der Waals surface area contributed by atoms with Gasteiger partial charge in [-0.1, -0.05) is 115 Å². The van der Waals surface area contributed by atoms with Crippen LogP contribution < -0.4 is 0 Å². The van der Waals surface area contributed by atoms with Crippen LogP contribution in [-0.2, 0) is 6.42 Å². The Morgan fingerprint density at radius 3 is 2.11 bits per heavy atom. The minimum absolute atomic E-state index is 0.676. The fourth-order valence-corrected chi connectivity index (χ4v) is 7.59. The van der Waals surface area contributed by atoms with Crippen molar-refractivity contribution in [2.24, 2.45) is 0 Å². The summed E-state index contributed by atoms with van der Waals surface area (Å²) in [6, 6.07) is 47.5. The van der Waals surface area contributed by atoms with Gasteiger partial charge in [0.1, 0.15) is 0 Å². The van der Waals surface area contributed by atoms with E-state index in [4.69, 9.17) is 9.97 Å². The number of fused-ring (bicyclic) bond motifs is 10. The van der Waals surface area contributed by atoms with Crippen molar-refractivity contribution in [1.82, 2.24) is 19.1 Å². The summed E-state index contributed by atoms with van der Waals surface area (Å²) >= 11 is 0. The number of hydrogen-bond donors (Lipinski definition) is 0. The standard InChI is InChI=1S/C42H28N4/c1-3-14-28(15-4-1)39-33-20-9-11-21-35(33)43-42(44-39)46-37-26-23-27-13-7-8-18-30(27)38(37)34-25-24-32-31-19-10-12-22-36(31)45(40(32)41(34)46)29-16-5-2-6-17-29/h1-6,8-12,14-26H,7,13H2. The van der Waals surface area contributed by atoms with Crippen LogP contribution in [0, 0.1) is 0 Å². The van der Waals surface area contributed by atoms with Crippen molar-refractivity contribution in [2.75, 3.05) is 0 Å². The Labute approximate surface area is 265 Å². The third-order valence-electron chi connectivity index (χ3n) is 9.58. The lowest BCUT2D eigenvalue weighted by Gasteiger charge is -2.14. The Balaban J connectivity index is 1.45. The van der Waals surface area contributed by atoms with E-state index in [-0.39, 0.29) is 0 Å². The van der Waals surface area contributed by atoms with Crippen LogP contribution in [0.2, 0.25) is 0 Å². The Bertz CT molecular complexity index is 2680. The molecule has 0 unspecified atom stereocenters. The quantitative estimate of drug-likeness (QED) is 0.206. The van der Waals surface area contributed by atoms with Crippen molar-refractivity contribution < 1.29 is 0 Å². The van der Waals surface area contributed by atoms with Gasteiger partial charge in [-0.3, -0.25) is 4.57 Å². The van der Waals surface area contributed by atoms with E-state index in [1.807, 2.05) is 0 Å². The smallest absolute Gasteiger partial charge is 0.235 e. The van der Waals surface area contributed by atoms with Crippen LogP contribution in [0.4, 0.5) is 0 Å². The summed E-state index contributed by atoms with van der Waals surface area (Å²) in [5.74, 6) is 0.676. The highest BCUT2D eigenvalue weighted by Gasteiger charge is 2.25.